The molecule has 0 aromatic heterocycles. The van der Waals surface area contributed by atoms with E-state index in [0.717, 1.165) is 0 Å². The smallest absolute Gasteiger partial charge is 0.321 e. The number of hydrogen-bond donors (Lipinski definition) is 2. The van der Waals surface area contributed by atoms with Crippen LogP contribution >= 0.6 is 0 Å². The number of methoxy groups -OCH3 is 2. The van der Waals surface area contributed by atoms with Crippen molar-refractivity contribution in [3.05, 3.63) is 18.2 Å². The lowest BCUT2D eigenvalue weighted by Crippen LogP contribution is -2.37. The van der Waals surface area contributed by atoms with Crippen LogP contribution < -0.4 is 14.8 Å². The monoisotopic (exact) mass is 308 g/mol. The van der Waals surface area contributed by atoms with Crippen molar-refractivity contribution in [3.8, 4) is 11.5 Å². The maximum Gasteiger partial charge on any atom is 0.321 e. The largest absolute Gasteiger partial charge is 0.493 e. The maximum atomic E-state index is 12.2. The van der Waals surface area contributed by atoms with Gasteiger partial charge in [-0.1, -0.05) is 0 Å². The second kappa shape index (κ2) is 6.13. The highest BCUT2D eigenvalue weighted by atomic mass is 16.5. The summed E-state index contributed by atoms with van der Waals surface area (Å²) in [5.41, 5.74) is -0.318. The van der Waals surface area contributed by atoms with Gasteiger partial charge in [0.25, 0.3) is 0 Å². The summed E-state index contributed by atoms with van der Waals surface area (Å²) >= 11 is 0. The third kappa shape index (κ3) is 3.08. The van der Waals surface area contributed by atoms with Gasteiger partial charge in [-0.05, 0) is 25.5 Å². The number of aliphatic carboxylic acids is 1. The zero-order chi connectivity index (χ0) is 16.3. The number of nitrogens with zero attached hydrogens (tertiary/aromatic N) is 1. The normalized spacial score (nSPS) is 20.6. The molecule has 1 saturated heterocycles. The quantitative estimate of drug-likeness (QED) is 0.888. The molecular weight excluding hydrogens is 288 g/mol. The van der Waals surface area contributed by atoms with Crippen molar-refractivity contribution in [2.45, 2.75) is 13.3 Å². The third-order valence-corrected chi connectivity index (χ3v) is 3.91. The van der Waals surface area contributed by atoms with Gasteiger partial charge in [0, 0.05) is 24.8 Å². The minimum Gasteiger partial charge on any atom is -0.493 e. The Morgan fingerprint density at radius 1 is 1.27 bits per heavy atom. The van der Waals surface area contributed by atoms with Gasteiger partial charge in [-0.3, -0.25) is 4.79 Å². The highest BCUT2D eigenvalue weighted by Crippen LogP contribution is 2.32. The molecule has 0 aliphatic carbocycles. The standard InChI is InChI=1S/C15H20N2O5/c1-15(13(18)19)6-7-17(9-15)14(20)16-10-4-5-11(21-2)12(8-10)22-3/h4-5,8H,6-7,9H2,1-3H3,(H,16,20)(H,18,19). The molecule has 7 nitrogen and oxygen atoms in total. The summed E-state index contributed by atoms with van der Waals surface area (Å²) in [5.74, 6) is 0.200. The summed E-state index contributed by atoms with van der Waals surface area (Å²) in [4.78, 5) is 24.9. The Morgan fingerprint density at radius 2 is 1.95 bits per heavy atom. The Labute approximate surface area is 128 Å². The van der Waals surface area contributed by atoms with Gasteiger partial charge < -0.3 is 24.8 Å². The van der Waals surface area contributed by atoms with Crippen LogP contribution in [0.5, 0.6) is 11.5 Å². The lowest BCUT2D eigenvalue weighted by atomic mass is 9.90. The van der Waals surface area contributed by atoms with Crippen molar-refractivity contribution in [3.63, 3.8) is 0 Å². The molecule has 1 aliphatic rings. The van der Waals surface area contributed by atoms with E-state index in [0.29, 0.717) is 30.2 Å². The van der Waals surface area contributed by atoms with Crippen LogP contribution in [0.3, 0.4) is 0 Å². The van der Waals surface area contributed by atoms with Crippen molar-refractivity contribution in [2.75, 3.05) is 32.6 Å². The number of amides is 2. The summed E-state index contributed by atoms with van der Waals surface area (Å²) < 4.78 is 10.3. The minimum absolute atomic E-state index is 0.196. The topological polar surface area (TPSA) is 88.1 Å². The molecule has 1 aliphatic heterocycles. The van der Waals surface area contributed by atoms with Crippen molar-refractivity contribution >= 4 is 17.7 Å². The molecule has 2 N–H and O–H groups in total. The van der Waals surface area contributed by atoms with E-state index < -0.39 is 11.4 Å². The predicted octanol–water partition coefficient (Wildman–Crippen LogP) is 2.03. The zero-order valence-electron chi connectivity index (χ0n) is 12.9. The van der Waals surface area contributed by atoms with E-state index in [9.17, 15) is 14.7 Å². The van der Waals surface area contributed by atoms with E-state index in [-0.39, 0.29) is 12.6 Å². The molecule has 0 radical (unpaired) electrons. The van der Waals surface area contributed by atoms with Crippen LogP contribution in [-0.4, -0.2) is 49.3 Å². The highest BCUT2D eigenvalue weighted by Gasteiger charge is 2.42. The molecule has 22 heavy (non-hydrogen) atoms. The zero-order valence-corrected chi connectivity index (χ0v) is 12.9. The molecule has 7 heteroatoms. The second-order valence-corrected chi connectivity index (χ2v) is 5.54. The Bertz CT molecular complexity index is 589. The molecule has 0 saturated carbocycles. The molecular formula is C15H20N2O5. The average molecular weight is 308 g/mol. The summed E-state index contributed by atoms with van der Waals surface area (Å²) in [5, 5.41) is 11.9. The number of benzene rings is 1. The van der Waals surface area contributed by atoms with Crippen LogP contribution in [0.15, 0.2) is 18.2 Å². The highest BCUT2D eigenvalue weighted by molar-refractivity contribution is 5.90. The molecule has 1 aromatic carbocycles. The predicted molar refractivity (Wildman–Crippen MR) is 80.5 cm³/mol. The molecule has 0 bridgehead atoms. The molecule has 120 valence electrons. The lowest BCUT2D eigenvalue weighted by Gasteiger charge is -2.20. The number of carboxylic acids is 1. The molecule has 1 fully saturated rings. The number of carboxylic acid groups (broad SMARTS) is 1. The molecule has 2 rings (SSSR count). The molecule has 1 atom stereocenters. The number of hydrogen-bond acceptors (Lipinski definition) is 4. The van der Waals surface area contributed by atoms with Crippen LogP contribution in [0.2, 0.25) is 0 Å². The van der Waals surface area contributed by atoms with E-state index in [1.807, 2.05) is 0 Å². The van der Waals surface area contributed by atoms with Crippen LogP contribution in [0.1, 0.15) is 13.3 Å². The van der Waals surface area contributed by atoms with Gasteiger partial charge >= 0.3 is 12.0 Å². The van der Waals surface area contributed by atoms with Crippen LogP contribution in [-0.2, 0) is 4.79 Å². The minimum atomic E-state index is -0.881. The fraction of sp³-hybridized carbons (Fsp3) is 0.467. The van der Waals surface area contributed by atoms with Gasteiger partial charge in [-0.15, -0.1) is 0 Å². The van der Waals surface area contributed by atoms with E-state index in [1.54, 1.807) is 25.1 Å². The van der Waals surface area contributed by atoms with Crippen LogP contribution in [0, 0.1) is 5.41 Å². The first-order chi connectivity index (χ1) is 10.4. The number of carbonyl (C=O) groups is 2. The molecule has 1 unspecified atom stereocenters. The molecule has 0 spiro atoms. The van der Waals surface area contributed by atoms with Crippen molar-refractivity contribution in [1.29, 1.82) is 0 Å². The summed E-state index contributed by atoms with van der Waals surface area (Å²) in [6.45, 7) is 2.27. The first kappa shape index (κ1) is 15.9. The fourth-order valence-electron chi connectivity index (χ4n) is 2.43. The lowest BCUT2D eigenvalue weighted by molar-refractivity contribution is -0.146. The van der Waals surface area contributed by atoms with Gasteiger partial charge in [-0.2, -0.15) is 0 Å². The third-order valence-electron chi connectivity index (χ3n) is 3.91. The average Bonchev–Trinajstić information content (AvgIpc) is 2.91. The number of likely N-dealkylation sites (tertiary alicyclic amines) is 1. The first-order valence-corrected chi connectivity index (χ1v) is 6.91. The number of nitrogens with one attached hydrogen (secondary N) is 1. The number of carbonyl (C=O) groups excluding carboxylic acids is 1. The number of anilines is 1. The Balaban J connectivity index is 2.05. The summed E-state index contributed by atoms with van der Waals surface area (Å²) in [6, 6.07) is 4.73. The number of rotatable bonds is 4. The van der Waals surface area contributed by atoms with Crippen molar-refractivity contribution in [1.82, 2.24) is 4.90 Å². The van der Waals surface area contributed by atoms with Crippen molar-refractivity contribution in [2.24, 2.45) is 5.41 Å². The Kier molecular flexibility index (Phi) is 4.44. The summed E-state index contributed by atoms with van der Waals surface area (Å²) in [6.07, 6.45) is 0.446. The van der Waals surface area contributed by atoms with Gasteiger partial charge in [-0.25, -0.2) is 4.79 Å². The number of urea groups is 1. The first-order valence-electron chi connectivity index (χ1n) is 6.91. The molecule has 2 amide bonds. The van der Waals surface area contributed by atoms with Gasteiger partial charge in [0.2, 0.25) is 0 Å². The molecule has 1 heterocycles. The fourth-order valence-corrected chi connectivity index (χ4v) is 2.43. The Morgan fingerprint density at radius 3 is 2.50 bits per heavy atom. The van der Waals surface area contributed by atoms with Gasteiger partial charge in [0.15, 0.2) is 11.5 Å². The Hall–Kier alpha value is -2.44. The van der Waals surface area contributed by atoms with Gasteiger partial charge in [0.1, 0.15) is 0 Å². The SMILES string of the molecule is COc1ccc(NC(=O)N2CCC(C)(C(=O)O)C2)cc1OC. The van der Waals surface area contributed by atoms with Crippen molar-refractivity contribution < 1.29 is 24.2 Å². The maximum absolute atomic E-state index is 12.2. The van der Waals surface area contributed by atoms with E-state index in [4.69, 9.17) is 9.47 Å². The van der Waals surface area contributed by atoms with Crippen LogP contribution in [0.25, 0.3) is 0 Å². The molecule has 1 aromatic rings. The second-order valence-electron chi connectivity index (χ2n) is 5.54. The van der Waals surface area contributed by atoms with E-state index in [1.165, 1.54) is 19.1 Å². The summed E-state index contributed by atoms with van der Waals surface area (Å²) in [7, 11) is 3.05. The van der Waals surface area contributed by atoms with Crippen LogP contribution in [0.4, 0.5) is 10.5 Å². The number of ether oxygens (including phenoxy) is 2. The van der Waals surface area contributed by atoms with Gasteiger partial charge in [0.05, 0.1) is 19.6 Å². The van der Waals surface area contributed by atoms with E-state index in [2.05, 4.69) is 5.32 Å². The van der Waals surface area contributed by atoms with E-state index >= 15 is 0 Å².